The van der Waals surface area contributed by atoms with Gasteiger partial charge < -0.3 is 20.0 Å². The van der Waals surface area contributed by atoms with Gasteiger partial charge in [-0.1, -0.05) is 24.2 Å². The van der Waals surface area contributed by atoms with E-state index < -0.39 is 12.1 Å². The first-order valence-electron chi connectivity index (χ1n) is 10.7. The minimum absolute atomic E-state index is 0.0820. The molecule has 0 amide bonds. The van der Waals surface area contributed by atoms with Crippen molar-refractivity contribution in [2.24, 2.45) is 21.3 Å². The van der Waals surface area contributed by atoms with Gasteiger partial charge in [0, 0.05) is 12.5 Å². The van der Waals surface area contributed by atoms with Gasteiger partial charge in [0.05, 0.1) is 15.1 Å². The van der Waals surface area contributed by atoms with E-state index in [2.05, 4.69) is 16.2 Å². The van der Waals surface area contributed by atoms with Crippen molar-refractivity contribution in [1.29, 1.82) is 0 Å². The molecular weight excluding hydrogens is 342 g/mol. The van der Waals surface area contributed by atoms with Crippen molar-refractivity contribution in [1.82, 2.24) is 0 Å². The van der Waals surface area contributed by atoms with Gasteiger partial charge in [-0.05, 0) is 61.3 Å². The molecule has 1 aromatic rings. The summed E-state index contributed by atoms with van der Waals surface area (Å²) in [5.74, 6) is 0. The molecule has 1 saturated carbocycles. The number of hydrogen-bond acceptors (Lipinski definition) is 6. The summed E-state index contributed by atoms with van der Waals surface area (Å²) in [6, 6.07) is 5.93. The van der Waals surface area contributed by atoms with Gasteiger partial charge in [-0.25, -0.2) is 4.99 Å². The Bertz CT molecular complexity index is 834. The van der Waals surface area contributed by atoms with Gasteiger partial charge in [0.1, 0.15) is 18.7 Å². The molecular formula is C21H29N3O3. The number of fused-ring (bicyclic) bond motifs is 3. The zero-order chi connectivity index (χ0) is 20.7. The molecule has 1 atom stereocenters. The third-order valence-corrected chi connectivity index (χ3v) is 6.20. The Morgan fingerprint density at radius 3 is 2.93 bits per heavy atom. The largest absolute Gasteiger partial charge is 0.462 e. The number of amidine groups is 1. The zero-order valence-electron chi connectivity index (χ0n) is 18.0. The smallest absolute Gasteiger partial charge is 0.283 e. The van der Waals surface area contributed by atoms with E-state index in [1.165, 1.54) is 0 Å². The Labute approximate surface area is 163 Å². The minimum atomic E-state index is -2.02. The highest BCUT2D eigenvalue weighted by Crippen LogP contribution is 2.61. The fourth-order valence-electron chi connectivity index (χ4n) is 4.78. The van der Waals surface area contributed by atoms with Crippen LogP contribution in [0.1, 0.15) is 58.5 Å². The van der Waals surface area contributed by atoms with E-state index in [1.807, 2.05) is 19.1 Å². The van der Waals surface area contributed by atoms with E-state index in [4.69, 9.17) is 22.8 Å². The van der Waals surface area contributed by atoms with Crippen molar-refractivity contribution in [3.05, 3.63) is 34.9 Å². The maximum absolute atomic E-state index is 8.77. The van der Waals surface area contributed by atoms with Crippen molar-refractivity contribution >= 4 is 12.2 Å². The molecule has 2 N–H and O–H groups in total. The quantitative estimate of drug-likeness (QED) is 0.489. The summed E-state index contributed by atoms with van der Waals surface area (Å²) in [6.45, 7) is 0.570. The monoisotopic (exact) mass is 373 g/mol. The number of nitrogens with two attached hydrogens (primary N) is 1. The molecule has 0 radical (unpaired) electrons. The molecule has 1 aliphatic heterocycles. The molecule has 146 valence electrons. The molecule has 6 heteroatoms. The fraction of sp³-hybridized carbons (Fsp3) is 0.619. The lowest BCUT2D eigenvalue weighted by Gasteiger charge is -2.45. The first kappa shape index (κ1) is 15.9. The Balaban J connectivity index is 1.78. The summed E-state index contributed by atoms with van der Waals surface area (Å²) in [5, 5.41) is 4.02. The predicted molar refractivity (Wildman–Crippen MR) is 105 cm³/mol. The van der Waals surface area contributed by atoms with Gasteiger partial charge >= 0.3 is 0 Å². The van der Waals surface area contributed by atoms with Crippen LogP contribution in [0.3, 0.4) is 0 Å². The standard InChI is InChI=1S/C21H29N3O3/c1-3-10-27-23-13-15-4-5-16-12-20(8-6-17(25-2)7-9-20)21(18(16)11-15)14-26-19(22)24-21/h4-5,11,13,17H,3,6-10,12,14H2,1-2H3,(H2,22,24)/b23-13+/i14D2. The number of aliphatic imine (C=N–C) groups is 1. The van der Waals surface area contributed by atoms with Crippen molar-refractivity contribution in [2.75, 3.05) is 20.3 Å². The lowest BCUT2D eigenvalue weighted by molar-refractivity contribution is -0.00984. The van der Waals surface area contributed by atoms with Crippen LogP contribution >= 0.6 is 0 Å². The molecule has 0 bridgehead atoms. The van der Waals surface area contributed by atoms with Gasteiger partial charge in [0.25, 0.3) is 6.02 Å². The van der Waals surface area contributed by atoms with Gasteiger partial charge in [-0.2, -0.15) is 0 Å². The average Bonchev–Trinajstić information content (AvgIpc) is 3.10. The molecule has 0 aromatic heterocycles. The average molecular weight is 373 g/mol. The molecule has 1 heterocycles. The molecule has 3 aliphatic rings. The fourth-order valence-corrected chi connectivity index (χ4v) is 4.78. The van der Waals surface area contributed by atoms with Crippen LogP contribution in [0.2, 0.25) is 0 Å². The SMILES string of the molecule is [2H]C1([2H])OC(N)=NC12c1cc(/C=N/OCCC)ccc1CC21CCC(OC)CC1. The van der Waals surface area contributed by atoms with Crippen molar-refractivity contribution in [2.45, 2.75) is 57.1 Å². The maximum Gasteiger partial charge on any atom is 0.283 e. The molecule has 1 fully saturated rings. The summed E-state index contributed by atoms with van der Waals surface area (Å²) in [7, 11) is 1.74. The normalized spacial score (nSPS) is 35.0. The molecule has 1 unspecified atom stereocenters. The Hall–Kier alpha value is -2.08. The Kier molecular flexibility index (Phi) is 4.22. The highest BCUT2D eigenvalue weighted by Gasteiger charge is 2.61. The van der Waals surface area contributed by atoms with Crippen LogP contribution in [0, 0.1) is 5.41 Å². The van der Waals surface area contributed by atoms with Crippen LogP contribution in [-0.4, -0.2) is 38.6 Å². The number of ether oxygens (including phenoxy) is 2. The number of oxime groups is 1. The first-order valence-corrected chi connectivity index (χ1v) is 9.73. The lowest BCUT2D eigenvalue weighted by atomic mass is 9.62. The van der Waals surface area contributed by atoms with E-state index in [0.717, 1.165) is 55.2 Å². The van der Waals surface area contributed by atoms with Gasteiger partial charge in [-0.15, -0.1) is 0 Å². The second-order valence-corrected chi connectivity index (χ2v) is 7.74. The molecule has 2 aliphatic carbocycles. The van der Waals surface area contributed by atoms with Crippen LogP contribution in [0.15, 0.2) is 28.3 Å². The highest BCUT2D eigenvalue weighted by molar-refractivity contribution is 5.81. The number of hydrogen-bond donors (Lipinski definition) is 1. The number of methoxy groups -OCH3 is 1. The van der Waals surface area contributed by atoms with E-state index in [9.17, 15) is 0 Å². The molecule has 27 heavy (non-hydrogen) atoms. The third kappa shape index (κ3) is 3.00. The third-order valence-electron chi connectivity index (χ3n) is 6.20. The number of benzene rings is 1. The first-order chi connectivity index (χ1) is 13.9. The summed E-state index contributed by atoms with van der Waals surface area (Å²) in [5.41, 5.74) is 7.17. The van der Waals surface area contributed by atoms with E-state index >= 15 is 0 Å². The molecule has 0 saturated heterocycles. The highest BCUT2D eigenvalue weighted by atomic mass is 16.6. The maximum atomic E-state index is 8.77. The second kappa shape index (κ2) is 7.15. The van der Waals surface area contributed by atoms with Crippen LogP contribution < -0.4 is 5.73 Å². The summed E-state index contributed by atoms with van der Waals surface area (Å²) < 4.78 is 28.6. The Morgan fingerprint density at radius 2 is 2.26 bits per heavy atom. The summed E-state index contributed by atoms with van der Waals surface area (Å²) in [4.78, 5) is 9.90. The summed E-state index contributed by atoms with van der Waals surface area (Å²) >= 11 is 0. The number of nitrogens with zero attached hydrogens (tertiary/aromatic N) is 2. The van der Waals surface area contributed by atoms with E-state index in [-0.39, 0.29) is 17.5 Å². The predicted octanol–water partition coefficient (Wildman–Crippen LogP) is 3.12. The van der Waals surface area contributed by atoms with Crippen molar-refractivity contribution < 1.29 is 17.1 Å². The van der Waals surface area contributed by atoms with Gasteiger partial charge in [0.15, 0.2) is 0 Å². The van der Waals surface area contributed by atoms with Crippen LogP contribution in [0.4, 0.5) is 0 Å². The molecule has 2 spiro atoms. The minimum Gasteiger partial charge on any atom is -0.462 e. The van der Waals surface area contributed by atoms with Crippen LogP contribution in [0.5, 0.6) is 0 Å². The topological polar surface area (TPSA) is 78.4 Å². The summed E-state index contributed by atoms with van der Waals surface area (Å²) in [6.07, 6.45) is 6.87. The lowest BCUT2D eigenvalue weighted by Crippen LogP contribution is -2.46. The molecule has 4 rings (SSSR count). The number of rotatable bonds is 5. The van der Waals surface area contributed by atoms with Crippen molar-refractivity contribution in [3.8, 4) is 0 Å². The van der Waals surface area contributed by atoms with Crippen molar-refractivity contribution in [3.63, 3.8) is 0 Å². The molecule has 1 aromatic carbocycles. The van der Waals surface area contributed by atoms with Gasteiger partial charge in [-0.3, -0.25) is 0 Å². The molecule has 6 nitrogen and oxygen atoms in total. The van der Waals surface area contributed by atoms with Crippen LogP contribution in [-0.2, 0) is 26.3 Å². The van der Waals surface area contributed by atoms with E-state index in [0.29, 0.717) is 6.61 Å². The Morgan fingerprint density at radius 1 is 1.44 bits per heavy atom. The zero-order valence-corrected chi connectivity index (χ0v) is 16.0. The van der Waals surface area contributed by atoms with Crippen LogP contribution in [0.25, 0.3) is 0 Å². The van der Waals surface area contributed by atoms with E-state index in [1.54, 1.807) is 13.3 Å². The second-order valence-electron chi connectivity index (χ2n) is 7.74. The van der Waals surface area contributed by atoms with Gasteiger partial charge in [0.2, 0.25) is 0 Å².